The number of amides is 1. The Morgan fingerprint density at radius 2 is 2.00 bits per heavy atom. The van der Waals surface area contributed by atoms with Crippen LogP contribution in [0, 0.1) is 0 Å². The zero-order valence-corrected chi connectivity index (χ0v) is 9.58. The molecule has 1 heterocycles. The number of rotatable bonds is 3. The highest BCUT2D eigenvalue weighted by Crippen LogP contribution is 2.28. The number of hydrogen-bond donors (Lipinski definition) is 0. The normalized spacial score (nSPS) is 11.4. The standard InChI is InChI=1S/C11H13F3N2O/c1-16(2)10(17)6-5-9-4-3-8(7-15-9)11(12,13)14/h3-4,7H,5-6H2,1-2H3. The van der Waals surface area contributed by atoms with Crippen molar-refractivity contribution in [3.8, 4) is 0 Å². The van der Waals surface area contributed by atoms with E-state index in [1.165, 1.54) is 11.0 Å². The van der Waals surface area contributed by atoms with Crippen molar-refractivity contribution in [3.05, 3.63) is 29.6 Å². The summed E-state index contributed by atoms with van der Waals surface area (Å²) in [4.78, 5) is 16.4. The molecule has 0 bridgehead atoms. The number of aromatic nitrogens is 1. The van der Waals surface area contributed by atoms with Crippen molar-refractivity contribution in [3.63, 3.8) is 0 Å². The number of alkyl halides is 3. The number of pyridine rings is 1. The van der Waals surface area contributed by atoms with Crippen LogP contribution in [0.5, 0.6) is 0 Å². The Bertz CT molecular complexity index is 385. The summed E-state index contributed by atoms with van der Waals surface area (Å²) in [7, 11) is 3.25. The van der Waals surface area contributed by atoms with Gasteiger partial charge in [-0.25, -0.2) is 0 Å². The SMILES string of the molecule is CN(C)C(=O)CCc1ccc(C(F)(F)F)cn1. The minimum Gasteiger partial charge on any atom is -0.349 e. The van der Waals surface area contributed by atoms with Crippen LogP contribution in [0.1, 0.15) is 17.7 Å². The lowest BCUT2D eigenvalue weighted by molar-refractivity contribution is -0.137. The van der Waals surface area contributed by atoms with Gasteiger partial charge in [-0.15, -0.1) is 0 Å². The van der Waals surface area contributed by atoms with E-state index in [1.807, 2.05) is 0 Å². The highest BCUT2D eigenvalue weighted by molar-refractivity contribution is 5.75. The van der Waals surface area contributed by atoms with Crippen molar-refractivity contribution < 1.29 is 18.0 Å². The Morgan fingerprint density at radius 1 is 1.35 bits per heavy atom. The highest BCUT2D eigenvalue weighted by atomic mass is 19.4. The van der Waals surface area contributed by atoms with E-state index in [0.717, 1.165) is 12.3 Å². The minimum atomic E-state index is -4.37. The third kappa shape index (κ3) is 4.05. The van der Waals surface area contributed by atoms with Gasteiger partial charge in [0.15, 0.2) is 0 Å². The molecule has 0 fully saturated rings. The fourth-order valence-corrected chi connectivity index (χ4v) is 1.20. The quantitative estimate of drug-likeness (QED) is 0.818. The molecule has 0 saturated carbocycles. The van der Waals surface area contributed by atoms with Crippen LogP contribution in [0.2, 0.25) is 0 Å². The molecule has 1 rings (SSSR count). The lowest BCUT2D eigenvalue weighted by Gasteiger charge is -2.10. The monoisotopic (exact) mass is 246 g/mol. The fourth-order valence-electron chi connectivity index (χ4n) is 1.20. The Labute approximate surface area is 97.3 Å². The van der Waals surface area contributed by atoms with Crippen LogP contribution in [-0.4, -0.2) is 29.9 Å². The average Bonchev–Trinajstić information content (AvgIpc) is 2.25. The van der Waals surface area contributed by atoms with E-state index in [2.05, 4.69) is 4.98 Å². The first-order valence-electron chi connectivity index (χ1n) is 5.03. The summed E-state index contributed by atoms with van der Waals surface area (Å²) >= 11 is 0. The molecule has 0 spiro atoms. The molecule has 94 valence electrons. The summed E-state index contributed by atoms with van der Waals surface area (Å²) in [5.41, 5.74) is -0.298. The summed E-state index contributed by atoms with van der Waals surface area (Å²) in [5.74, 6) is -0.0771. The second-order valence-corrected chi connectivity index (χ2v) is 3.82. The van der Waals surface area contributed by atoms with Crippen molar-refractivity contribution in [2.45, 2.75) is 19.0 Å². The molecular formula is C11H13F3N2O. The topological polar surface area (TPSA) is 33.2 Å². The maximum Gasteiger partial charge on any atom is 0.417 e. The number of carbonyl (C=O) groups is 1. The number of halogens is 3. The van der Waals surface area contributed by atoms with Crippen LogP contribution in [0.25, 0.3) is 0 Å². The van der Waals surface area contributed by atoms with Gasteiger partial charge >= 0.3 is 6.18 Å². The van der Waals surface area contributed by atoms with E-state index in [-0.39, 0.29) is 12.3 Å². The average molecular weight is 246 g/mol. The molecule has 3 nitrogen and oxygen atoms in total. The van der Waals surface area contributed by atoms with Crippen molar-refractivity contribution in [1.29, 1.82) is 0 Å². The molecule has 1 aromatic rings. The summed E-state index contributed by atoms with van der Waals surface area (Å²) in [5, 5.41) is 0. The summed E-state index contributed by atoms with van der Waals surface area (Å²) in [6.07, 6.45) is -3.00. The van der Waals surface area contributed by atoms with Crippen LogP contribution >= 0.6 is 0 Å². The van der Waals surface area contributed by atoms with Gasteiger partial charge in [0, 0.05) is 32.4 Å². The molecule has 0 aliphatic heterocycles. The Balaban J connectivity index is 2.61. The summed E-state index contributed by atoms with van der Waals surface area (Å²) in [6.45, 7) is 0. The fraction of sp³-hybridized carbons (Fsp3) is 0.455. The van der Waals surface area contributed by atoms with E-state index >= 15 is 0 Å². The van der Waals surface area contributed by atoms with Crippen molar-refractivity contribution in [2.75, 3.05) is 14.1 Å². The first-order valence-corrected chi connectivity index (χ1v) is 5.03. The zero-order chi connectivity index (χ0) is 13.1. The molecule has 17 heavy (non-hydrogen) atoms. The van der Waals surface area contributed by atoms with Crippen LogP contribution in [0.15, 0.2) is 18.3 Å². The lowest BCUT2D eigenvalue weighted by atomic mass is 10.2. The van der Waals surface area contributed by atoms with Crippen molar-refractivity contribution in [1.82, 2.24) is 9.88 Å². The summed E-state index contributed by atoms with van der Waals surface area (Å²) < 4.78 is 36.7. The molecule has 0 saturated heterocycles. The number of nitrogens with zero attached hydrogens (tertiary/aromatic N) is 2. The van der Waals surface area contributed by atoms with Gasteiger partial charge in [0.05, 0.1) is 5.56 Å². The molecule has 0 unspecified atom stereocenters. The largest absolute Gasteiger partial charge is 0.417 e. The maximum absolute atomic E-state index is 12.2. The molecule has 0 radical (unpaired) electrons. The first kappa shape index (κ1) is 13.5. The van der Waals surface area contributed by atoms with Gasteiger partial charge in [0.25, 0.3) is 0 Å². The van der Waals surface area contributed by atoms with Gasteiger partial charge in [-0.1, -0.05) is 0 Å². The van der Waals surface area contributed by atoms with Gasteiger partial charge in [-0.2, -0.15) is 13.2 Å². The molecule has 0 atom stereocenters. The van der Waals surface area contributed by atoms with Crippen LogP contribution < -0.4 is 0 Å². The third-order valence-corrected chi connectivity index (χ3v) is 2.25. The van der Waals surface area contributed by atoms with E-state index in [0.29, 0.717) is 12.1 Å². The molecule has 0 aromatic carbocycles. The predicted octanol–water partition coefficient (Wildman–Crippen LogP) is 2.12. The first-order chi connectivity index (χ1) is 7.80. The van der Waals surface area contributed by atoms with E-state index in [1.54, 1.807) is 14.1 Å². The zero-order valence-electron chi connectivity index (χ0n) is 9.58. The minimum absolute atomic E-state index is 0.0771. The second kappa shape index (κ2) is 5.16. The molecule has 1 aromatic heterocycles. The predicted molar refractivity (Wildman–Crippen MR) is 56.3 cm³/mol. The highest BCUT2D eigenvalue weighted by Gasteiger charge is 2.30. The smallest absolute Gasteiger partial charge is 0.349 e. The van der Waals surface area contributed by atoms with Crippen molar-refractivity contribution >= 4 is 5.91 Å². The number of carbonyl (C=O) groups excluding carboxylic acids is 1. The van der Waals surface area contributed by atoms with Gasteiger partial charge in [-0.3, -0.25) is 9.78 Å². The third-order valence-electron chi connectivity index (χ3n) is 2.25. The second-order valence-electron chi connectivity index (χ2n) is 3.82. The van der Waals surface area contributed by atoms with Crippen molar-refractivity contribution in [2.24, 2.45) is 0 Å². The molecule has 1 amide bonds. The van der Waals surface area contributed by atoms with E-state index < -0.39 is 11.7 Å². The molecule has 6 heteroatoms. The Morgan fingerprint density at radius 3 is 2.41 bits per heavy atom. The Kier molecular flexibility index (Phi) is 4.09. The molecule has 0 aliphatic rings. The number of aryl methyl sites for hydroxylation is 1. The van der Waals surface area contributed by atoms with Gasteiger partial charge in [0.1, 0.15) is 0 Å². The molecular weight excluding hydrogens is 233 g/mol. The summed E-state index contributed by atoms with van der Waals surface area (Å²) in [6, 6.07) is 2.27. The van der Waals surface area contributed by atoms with E-state index in [9.17, 15) is 18.0 Å². The van der Waals surface area contributed by atoms with Crippen LogP contribution in [-0.2, 0) is 17.4 Å². The van der Waals surface area contributed by atoms with Crippen LogP contribution in [0.4, 0.5) is 13.2 Å². The number of hydrogen-bond acceptors (Lipinski definition) is 2. The lowest BCUT2D eigenvalue weighted by Crippen LogP contribution is -2.22. The maximum atomic E-state index is 12.2. The van der Waals surface area contributed by atoms with E-state index in [4.69, 9.17) is 0 Å². The molecule has 0 aliphatic carbocycles. The van der Waals surface area contributed by atoms with Gasteiger partial charge < -0.3 is 4.90 Å². The van der Waals surface area contributed by atoms with Gasteiger partial charge in [-0.05, 0) is 18.6 Å². The van der Waals surface area contributed by atoms with Crippen LogP contribution in [0.3, 0.4) is 0 Å². The molecule has 0 N–H and O–H groups in total. The van der Waals surface area contributed by atoms with Gasteiger partial charge in [0.2, 0.25) is 5.91 Å². The Hall–Kier alpha value is -1.59.